The number of nitrogens with one attached hydrogen (secondary N) is 1. The van der Waals surface area contributed by atoms with Crippen molar-refractivity contribution in [2.75, 3.05) is 7.05 Å². The highest BCUT2D eigenvalue weighted by atomic mass is 16.1. The van der Waals surface area contributed by atoms with Crippen LogP contribution in [0.25, 0.3) is 16.3 Å². The number of hydrogen-bond donors (Lipinski definition) is 1. The molecule has 0 saturated carbocycles. The minimum atomic E-state index is 0.113. The van der Waals surface area contributed by atoms with Gasteiger partial charge in [0.15, 0.2) is 5.78 Å². The third-order valence-electron chi connectivity index (χ3n) is 3.90. The molecule has 0 saturated heterocycles. The van der Waals surface area contributed by atoms with Gasteiger partial charge in [0.05, 0.1) is 0 Å². The molecule has 0 aliphatic rings. The molecule has 0 unspecified atom stereocenters. The van der Waals surface area contributed by atoms with E-state index in [-0.39, 0.29) is 5.78 Å². The number of rotatable bonds is 5. The molecular weight excluding hydrogens is 282 g/mol. The molecule has 23 heavy (non-hydrogen) atoms. The number of Topliss-reactive ketones (excluding diaryl/α,β-unsaturated/α-hetero) is 1. The molecule has 0 amide bonds. The Morgan fingerprint density at radius 1 is 0.913 bits per heavy atom. The molecule has 0 bridgehead atoms. The summed E-state index contributed by atoms with van der Waals surface area (Å²) in [4.78, 5) is 12.8. The number of hydrogen-bond acceptors (Lipinski definition) is 2. The zero-order chi connectivity index (χ0) is 16.1. The average Bonchev–Trinajstić information content (AvgIpc) is 2.60. The van der Waals surface area contributed by atoms with Crippen molar-refractivity contribution in [1.29, 1.82) is 0 Å². The predicted molar refractivity (Wildman–Crippen MR) is 96.1 cm³/mol. The largest absolute Gasteiger partial charge is 0.393 e. The number of benzene rings is 3. The molecule has 0 spiro atoms. The molecule has 3 rings (SSSR count). The molecule has 114 valence electrons. The van der Waals surface area contributed by atoms with Gasteiger partial charge in [0.2, 0.25) is 0 Å². The van der Waals surface area contributed by atoms with Crippen molar-refractivity contribution in [1.82, 2.24) is 5.32 Å². The number of carbonyl (C=O) groups excluding carboxylic acids is 1. The molecule has 1 N–H and O–H groups in total. The molecule has 2 heteroatoms. The minimum Gasteiger partial charge on any atom is -0.393 e. The molecule has 2 nitrogen and oxygen atoms in total. The zero-order valence-corrected chi connectivity index (χ0v) is 13.1. The van der Waals surface area contributed by atoms with Gasteiger partial charge in [-0.3, -0.25) is 4.79 Å². The van der Waals surface area contributed by atoms with Crippen LogP contribution in [0, 0.1) is 0 Å². The van der Waals surface area contributed by atoms with Crippen molar-refractivity contribution >= 4 is 22.1 Å². The zero-order valence-electron chi connectivity index (χ0n) is 13.1. The molecular formula is C21H19NO. The van der Waals surface area contributed by atoms with E-state index in [1.807, 2.05) is 61.6 Å². The fourth-order valence-electron chi connectivity index (χ4n) is 2.80. The highest BCUT2D eigenvalue weighted by Crippen LogP contribution is 2.22. The van der Waals surface area contributed by atoms with Crippen LogP contribution in [0.3, 0.4) is 0 Å². The van der Waals surface area contributed by atoms with Gasteiger partial charge in [-0.1, -0.05) is 72.8 Å². The van der Waals surface area contributed by atoms with Crippen molar-refractivity contribution in [3.05, 3.63) is 90.1 Å². The van der Waals surface area contributed by atoms with Crippen molar-refractivity contribution in [3.8, 4) is 0 Å². The highest BCUT2D eigenvalue weighted by molar-refractivity contribution is 6.21. The summed E-state index contributed by atoms with van der Waals surface area (Å²) in [5.74, 6) is 0.113. The van der Waals surface area contributed by atoms with E-state index in [9.17, 15) is 4.79 Å². The third-order valence-corrected chi connectivity index (χ3v) is 3.90. The molecule has 3 aromatic carbocycles. The predicted octanol–water partition coefficient (Wildman–Crippen LogP) is 4.21. The first-order valence-electron chi connectivity index (χ1n) is 7.72. The third kappa shape index (κ3) is 3.32. The number of ketones is 1. The fraction of sp³-hybridized carbons (Fsp3) is 0.0952. The van der Waals surface area contributed by atoms with Crippen molar-refractivity contribution in [2.45, 2.75) is 6.42 Å². The number of carbonyl (C=O) groups is 1. The number of fused-ring (bicyclic) bond motifs is 1. The van der Waals surface area contributed by atoms with Crippen LogP contribution >= 0.6 is 0 Å². The maximum atomic E-state index is 12.8. The second kappa shape index (κ2) is 6.93. The Hall–Kier alpha value is -2.87. The molecule has 3 aromatic rings. The molecule has 0 radical (unpaired) electrons. The second-order valence-corrected chi connectivity index (χ2v) is 5.45. The SMILES string of the molecule is CNC=C(C(=O)Cc1cccc2ccccc12)c1ccccc1. The molecule has 0 aliphatic heterocycles. The minimum absolute atomic E-state index is 0.113. The highest BCUT2D eigenvalue weighted by Gasteiger charge is 2.13. The van der Waals surface area contributed by atoms with E-state index in [4.69, 9.17) is 0 Å². The van der Waals surface area contributed by atoms with E-state index in [1.54, 1.807) is 6.20 Å². The van der Waals surface area contributed by atoms with Crippen LogP contribution in [0.2, 0.25) is 0 Å². The molecule has 0 heterocycles. The van der Waals surface area contributed by atoms with Crippen LogP contribution in [0.15, 0.2) is 79.0 Å². The summed E-state index contributed by atoms with van der Waals surface area (Å²) < 4.78 is 0. The van der Waals surface area contributed by atoms with E-state index in [2.05, 4.69) is 23.5 Å². The first kappa shape index (κ1) is 15.0. The van der Waals surface area contributed by atoms with Crippen molar-refractivity contribution in [2.24, 2.45) is 0 Å². The smallest absolute Gasteiger partial charge is 0.169 e. The molecule has 0 atom stereocenters. The van der Waals surface area contributed by atoms with Crippen LogP contribution in [-0.4, -0.2) is 12.8 Å². The average molecular weight is 301 g/mol. The van der Waals surface area contributed by atoms with E-state index >= 15 is 0 Å². The van der Waals surface area contributed by atoms with Crippen LogP contribution in [0.5, 0.6) is 0 Å². The number of allylic oxidation sites excluding steroid dienone is 1. The first-order chi connectivity index (χ1) is 11.3. The quantitative estimate of drug-likeness (QED) is 0.715. The summed E-state index contributed by atoms with van der Waals surface area (Å²) in [6, 6.07) is 24.1. The van der Waals surface area contributed by atoms with Gasteiger partial charge in [-0.25, -0.2) is 0 Å². The second-order valence-electron chi connectivity index (χ2n) is 5.45. The summed E-state index contributed by atoms with van der Waals surface area (Å²) in [5, 5.41) is 5.29. The van der Waals surface area contributed by atoms with E-state index in [0.29, 0.717) is 12.0 Å². The van der Waals surface area contributed by atoms with Crippen molar-refractivity contribution < 1.29 is 4.79 Å². The van der Waals surface area contributed by atoms with Crippen molar-refractivity contribution in [3.63, 3.8) is 0 Å². The fourth-order valence-corrected chi connectivity index (χ4v) is 2.80. The van der Waals surface area contributed by atoms with Gasteiger partial charge in [-0.15, -0.1) is 0 Å². The van der Waals surface area contributed by atoms with E-state index < -0.39 is 0 Å². The van der Waals surface area contributed by atoms with Crippen LogP contribution in [0.4, 0.5) is 0 Å². The van der Waals surface area contributed by atoms with E-state index in [0.717, 1.165) is 21.9 Å². The van der Waals surface area contributed by atoms with Gasteiger partial charge >= 0.3 is 0 Å². The molecule has 0 aliphatic carbocycles. The van der Waals surface area contributed by atoms with Gasteiger partial charge in [-0.05, 0) is 21.9 Å². The Labute approximate surface area is 136 Å². The van der Waals surface area contributed by atoms with Gasteiger partial charge in [0, 0.05) is 25.2 Å². The summed E-state index contributed by atoms with van der Waals surface area (Å²) in [5.41, 5.74) is 2.71. The van der Waals surface area contributed by atoms with Gasteiger partial charge in [0.1, 0.15) is 0 Å². The first-order valence-corrected chi connectivity index (χ1v) is 7.72. The van der Waals surface area contributed by atoms with Crippen LogP contribution in [-0.2, 0) is 11.2 Å². The topological polar surface area (TPSA) is 29.1 Å². The summed E-state index contributed by atoms with van der Waals surface area (Å²) >= 11 is 0. The lowest BCUT2D eigenvalue weighted by molar-refractivity contribution is -0.113. The summed E-state index contributed by atoms with van der Waals surface area (Å²) in [6.45, 7) is 0. The lowest BCUT2D eigenvalue weighted by atomic mass is 9.95. The standard InChI is InChI=1S/C21H19NO/c1-22-15-20(17-8-3-2-4-9-17)21(23)14-18-12-7-11-16-10-5-6-13-19(16)18/h2-13,15,22H,14H2,1H3. The Bertz CT molecular complexity index is 845. The molecule has 0 fully saturated rings. The Balaban J connectivity index is 1.94. The Morgan fingerprint density at radius 2 is 1.61 bits per heavy atom. The summed E-state index contributed by atoms with van der Waals surface area (Å²) in [6.07, 6.45) is 2.17. The van der Waals surface area contributed by atoms with Crippen LogP contribution in [0.1, 0.15) is 11.1 Å². The Kier molecular flexibility index (Phi) is 4.53. The normalized spacial score (nSPS) is 11.4. The van der Waals surface area contributed by atoms with Gasteiger partial charge < -0.3 is 5.32 Å². The lowest BCUT2D eigenvalue weighted by Gasteiger charge is -2.09. The monoisotopic (exact) mass is 301 g/mol. The van der Waals surface area contributed by atoms with Crippen LogP contribution < -0.4 is 5.32 Å². The molecule has 0 aromatic heterocycles. The van der Waals surface area contributed by atoms with E-state index in [1.165, 1.54) is 0 Å². The van der Waals surface area contributed by atoms with Gasteiger partial charge in [-0.2, -0.15) is 0 Å². The summed E-state index contributed by atoms with van der Waals surface area (Å²) in [7, 11) is 1.81. The Morgan fingerprint density at radius 3 is 2.39 bits per heavy atom. The maximum absolute atomic E-state index is 12.8. The maximum Gasteiger partial charge on any atom is 0.169 e. The lowest BCUT2D eigenvalue weighted by Crippen LogP contribution is -2.09. The van der Waals surface area contributed by atoms with Gasteiger partial charge in [0.25, 0.3) is 0 Å².